The number of nitrogens with zero attached hydrogens (tertiary/aromatic N) is 2. The van der Waals surface area contributed by atoms with Crippen LogP contribution in [0.4, 0.5) is 11.5 Å². The molecule has 0 aliphatic carbocycles. The van der Waals surface area contributed by atoms with E-state index in [0.717, 1.165) is 28.8 Å². The van der Waals surface area contributed by atoms with Crippen LogP contribution in [0.3, 0.4) is 0 Å². The number of nitrogens with one attached hydrogen (secondary N) is 2. The van der Waals surface area contributed by atoms with Crippen LogP contribution >= 0.6 is 0 Å². The molecule has 176 valence electrons. The van der Waals surface area contributed by atoms with Crippen LogP contribution in [0.15, 0.2) is 30.3 Å². The molecular weight excluding hydrogens is 412 g/mol. The Bertz CT molecular complexity index is 953. The van der Waals surface area contributed by atoms with Crippen molar-refractivity contribution in [3.63, 3.8) is 0 Å². The van der Waals surface area contributed by atoms with Gasteiger partial charge in [-0.15, -0.1) is 0 Å². The van der Waals surface area contributed by atoms with Gasteiger partial charge in [-0.25, -0.2) is 14.6 Å². The first kappa shape index (κ1) is 26.8. The molecule has 0 radical (unpaired) electrons. The van der Waals surface area contributed by atoms with Gasteiger partial charge in [-0.2, -0.15) is 0 Å². The summed E-state index contributed by atoms with van der Waals surface area (Å²) in [6.45, 7) is 11.2. The predicted molar refractivity (Wildman–Crippen MR) is 126 cm³/mol. The highest BCUT2D eigenvalue weighted by Crippen LogP contribution is 2.28. The molecule has 0 aliphatic rings. The maximum absolute atomic E-state index is 12.5. The summed E-state index contributed by atoms with van der Waals surface area (Å²) in [5, 5.41) is 22.2. The number of aromatic nitrogens is 1. The lowest BCUT2D eigenvalue weighted by molar-refractivity contribution is -0.159. The van der Waals surface area contributed by atoms with Crippen molar-refractivity contribution in [2.75, 3.05) is 30.9 Å². The SMILES string of the molecule is CN(C)c1cc(NC(=O)CNC(C)(C)CC(C)(C)C)c2ccccc2n1.O=C(O)C(=O)O. The van der Waals surface area contributed by atoms with Crippen molar-refractivity contribution in [2.24, 2.45) is 5.41 Å². The van der Waals surface area contributed by atoms with Crippen LogP contribution in [0.5, 0.6) is 0 Å². The summed E-state index contributed by atoms with van der Waals surface area (Å²) in [7, 11) is 3.89. The summed E-state index contributed by atoms with van der Waals surface area (Å²) >= 11 is 0. The zero-order valence-electron chi connectivity index (χ0n) is 19.8. The summed E-state index contributed by atoms with van der Waals surface area (Å²) in [4.78, 5) is 37.3. The standard InChI is InChI=1S/C21H32N4O.C2H2O4/c1-20(2,3)14-21(4,5)22-13-19(26)24-17-12-18(25(6)7)23-16-11-9-8-10-15(16)17;3-1(4)2(5)6/h8-12,22H,13-14H2,1-7H3,(H,23,24,26);(H,3,4)(H,5,6). The second kappa shape index (κ2) is 10.9. The second-order valence-corrected chi connectivity index (χ2v) is 9.57. The van der Waals surface area contributed by atoms with Crippen molar-refractivity contribution in [1.82, 2.24) is 10.3 Å². The van der Waals surface area contributed by atoms with E-state index < -0.39 is 11.9 Å². The maximum atomic E-state index is 12.5. The van der Waals surface area contributed by atoms with Crippen molar-refractivity contribution in [1.29, 1.82) is 0 Å². The van der Waals surface area contributed by atoms with E-state index in [1.165, 1.54) is 0 Å². The fraction of sp³-hybridized carbons (Fsp3) is 0.478. The highest BCUT2D eigenvalue weighted by molar-refractivity contribution is 6.27. The molecule has 32 heavy (non-hydrogen) atoms. The Balaban J connectivity index is 0.000000751. The van der Waals surface area contributed by atoms with Gasteiger partial charge in [0.15, 0.2) is 0 Å². The van der Waals surface area contributed by atoms with Gasteiger partial charge < -0.3 is 25.7 Å². The average molecular weight is 447 g/mol. The van der Waals surface area contributed by atoms with Crippen LogP contribution in [0.2, 0.25) is 0 Å². The molecule has 0 unspecified atom stereocenters. The Hall–Kier alpha value is -3.20. The summed E-state index contributed by atoms with van der Waals surface area (Å²) in [5.41, 5.74) is 1.76. The van der Waals surface area contributed by atoms with Crippen molar-refractivity contribution in [3.05, 3.63) is 30.3 Å². The van der Waals surface area contributed by atoms with E-state index in [2.05, 4.69) is 50.2 Å². The molecule has 2 rings (SSSR count). The molecule has 0 saturated heterocycles. The van der Waals surface area contributed by atoms with Gasteiger partial charge in [-0.1, -0.05) is 39.0 Å². The number of carbonyl (C=O) groups is 3. The quantitative estimate of drug-likeness (QED) is 0.498. The van der Waals surface area contributed by atoms with Gasteiger partial charge in [0.2, 0.25) is 5.91 Å². The Morgan fingerprint density at radius 1 is 1.00 bits per heavy atom. The molecule has 2 aromatic rings. The van der Waals surface area contributed by atoms with Gasteiger partial charge in [-0.05, 0) is 31.7 Å². The molecule has 0 spiro atoms. The number of anilines is 2. The molecule has 1 heterocycles. The normalized spacial score (nSPS) is 11.3. The second-order valence-electron chi connectivity index (χ2n) is 9.57. The van der Waals surface area contributed by atoms with Crippen molar-refractivity contribution >= 4 is 40.3 Å². The van der Waals surface area contributed by atoms with Gasteiger partial charge in [0.1, 0.15) is 5.82 Å². The van der Waals surface area contributed by atoms with E-state index in [1.807, 2.05) is 49.3 Å². The Morgan fingerprint density at radius 2 is 1.56 bits per heavy atom. The number of carbonyl (C=O) groups excluding carboxylic acids is 1. The number of carboxylic acids is 2. The zero-order valence-corrected chi connectivity index (χ0v) is 19.8. The van der Waals surface area contributed by atoms with Gasteiger partial charge in [0.05, 0.1) is 17.7 Å². The first-order valence-electron chi connectivity index (χ1n) is 10.2. The van der Waals surface area contributed by atoms with Crippen molar-refractivity contribution in [3.8, 4) is 0 Å². The number of aliphatic carboxylic acids is 2. The van der Waals surface area contributed by atoms with E-state index in [9.17, 15) is 4.79 Å². The summed E-state index contributed by atoms with van der Waals surface area (Å²) in [6.07, 6.45) is 0.982. The topological polar surface area (TPSA) is 132 Å². The third-order valence-corrected chi connectivity index (χ3v) is 4.32. The fourth-order valence-corrected chi connectivity index (χ4v) is 3.40. The van der Waals surface area contributed by atoms with Crippen molar-refractivity contribution < 1.29 is 24.6 Å². The highest BCUT2D eigenvalue weighted by Gasteiger charge is 2.25. The number of rotatable bonds is 6. The third-order valence-electron chi connectivity index (χ3n) is 4.32. The Labute approximate surface area is 188 Å². The first-order chi connectivity index (χ1) is 14.6. The first-order valence-corrected chi connectivity index (χ1v) is 10.2. The van der Waals surface area contributed by atoms with Gasteiger partial charge in [0, 0.05) is 31.1 Å². The molecule has 1 amide bonds. The fourth-order valence-electron chi connectivity index (χ4n) is 3.40. The minimum absolute atomic E-state index is 0.0481. The monoisotopic (exact) mass is 446 g/mol. The number of fused-ring (bicyclic) bond motifs is 1. The third kappa shape index (κ3) is 9.30. The average Bonchev–Trinajstić information content (AvgIpc) is 2.65. The van der Waals surface area contributed by atoms with Crippen LogP contribution in [-0.4, -0.2) is 59.2 Å². The Morgan fingerprint density at radius 3 is 2.06 bits per heavy atom. The molecule has 0 aliphatic heterocycles. The van der Waals surface area contributed by atoms with Gasteiger partial charge in [-0.3, -0.25) is 4.79 Å². The number of benzene rings is 1. The van der Waals surface area contributed by atoms with Crippen LogP contribution in [-0.2, 0) is 14.4 Å². The summed E-state index contributed by atoms with van der Waals surface area (Å²) in [5.74, 6) is -2.88. The van der Waals surface area contributed by atoms with Crippen LogP contribution in [0.1, 0.15) is 41.0 Å². The van der Waals surface area contributed by atoms with E-state index >= 15 is 0 Å². The van der Waals surface area contributed by atoms with E-state index in [1.54, 1.807) is 0 Å². The van der Waals surface area contributed by atoms with Gasteiger partial charge >= 0.3 is 11.9 Å². The molecule has 1 aromatic heterocycles. The number of pyridine rings is 1. The molecule has 4 N–H and O–H groups in total. The maximum Gasteiger partial charge on any atom is 0.414 e. The van der Waals surface area contributed by atoms with E-state index in [-0.39, 0.29) is 23.4 Å². The number of hydrogen-bond donors (Lipinski definition) is 4. The minimum Gasteiger partial charge on any atom is -0.473 e. The number of carboxylic acid groups (broad SMARTS) is 2. The summed E-state index contributed by atoms with van der Waals surface area (Å²) in [6, 6.07) is 9.77. The van der Waals surface area contributed by atoms with Crippen LogP contribution in [0.25, 0.3) is 10.9 Å². The van der Waals surface area contributed by atoms with Gasteiger partial charge in [0.25, 0.3) is 0 Å². The molecule has 0 fully saturated rings. The van der Waals surface area contributed by atoms with Crippen LogP contribution in [0, 0.1) is 5.41 Å². The minimum atomic E-state index is -1.82. The lowest BCUT2D eigenvalue weighted by atomic mass is 9.82. The molecule has 9 nitrogen and oxygen atoms in total. The largest absolute Gasteiger partial charge is 0.473 e. The number of hydrogen-bond acceptors (Lipinski definition) is 6. The lowest BCUT2D eigenvalue weighted by Gasteiger charge is -2.33. The molecule has 1 aromatic carbocycles. The molecule has 0 bridgehead atoms. The number of amides is 1. The number of para-hydroxylation sites is 1. The van der Waals surface area contributed by atoms with Crippen molar-refractivity contribution in [2.45, 2.75) is 46.6 Å². The summed E-state index contributed by atoms with van der Waals surface area (Å²) < 4.78 is 0. The predicted octanol–water partition coefficient (Wildman–Crippen LogP) is 3.20. The molecular formula is C23H34N4O5. The zero-order chi connectivity index (χ0) is 24.7. The van der Waals surface area contributed by atoms with Crippen LogP contribution < -0.4 is 15.5 Å². The molecule has 9 heteroatoms. The Kier molecular flexibility index (Phi) is 9.14. The lowest BCUT2D eigenvalue weighted by Crippen LogP contribution is -2.45. The van der Waals surface area contributed by atoms with E-state index in [4.69, 9.17) is 19.8 Å². The highest BCUT2D eigenvalue weighted by atomic mass is 16.4. The smallest absolute Gasteiger partial charge is 0.414 e. The molecule has 0 saturated carbocycles. The molecule has 0 atom stereocenters. The van der Waals surface area contributed by atoms with E-state index in [0.29, 0.717) is 0 Å².